The molecule has 5 heteroatoms. The van der Waals surface area contributed by atoms with E-state index in [9.17, 15) is 8.42 Å². The molecular formula is C5H11NO2S2. The highest BCUT2D eigenvalue weighted by molar-refractivity contribution is 8.11. The molecule has 0 aromatic heterocycles. The molecule has 1 aliphatic heterocycles. The van der Waals surface area contributed by atoms with Crippen molar-refractivity contribution in [3.05, 3.63) is 0 Å². The summed E-state index contributed by atoms with van der Waals surface area (Å²) >= 11 is 1.49. The van der Waals surface area contributed by atoms with Crippen molar-refractivity contribution in [3.8, 4) is 0 Å². The maximum absolute atomic E-state index is 10.9. The molecule has 0 bridgehead atoms. The van der Waals surface area contributed by atoms with Crippen molar-refractivity contribution in [1.82, 2.24) is 4.72 Å². The second kappa shape index (κ2) is 3.59. The molecule has 60 valence electrons. The van der Waals surface area contributed by atoms with Gasteiger partial charge in [-0.25, -0.2) is 13.1 Å². The average Bonchev–Trinajstić information content (AvgIpc) is 1.81. The zero-order valence-electron chi connectivity index (χ0n) is 5.67. The third kappa shape index (κ3) is 2.90. The molecule has 1 rings (SSSR count). The molecule has 1 N–H and O–H groups in total. The molecule has 0 aromatic carbocycles. The smallest absolute Gasteiger partial charge is 0.215 e. The quantitative estimate of drug-likeness (QED) is 0.588. The predicted octanol–water partition coefficient (Wildman–Crippen LogP) is 0.390. The van der Waals surface area contributed by atoms with E-state index in [2.05, 4.69) is 4.72 Å². The summed E-state index contributed by atoms with van der Waals surface area (Å²) in [7, 11) is -2.93. The van der Waals surface area contributed by atoms with E-state index in [0.29, 0.717) is 6.54 Å². The molecule has 0 aromatic rings. The fourth-order valence-corrected chi connectivity index (χ4v) is 3.31. The Bertz CT molecular complexity index is 174. The topological polar surface area (TPSA) is 46.2 Å². The molecule has 0 radical (unpaired) electrons. The molecule has 0 atom stereocenters. The Morgan fingerprint density at radius 1 is 1.30 bits per heavy atom. The van der Waals surface area contributed by atoms with E-state index in [4.69, 9.17) is 0 Å². The highest BCUT2D eigenvalue weighted by Crippen LogP contribution is 2.09. The summed E-state index contributed by atoms with van der Waals surface area (Å²) in [5, 5.41) is 0.229. The van der Waals surface area contributed by atoms with Crippen LogP contribution in [0, 0.1) is 0 Å². The number of hydrogen-bond acceptors (Lipinski definition) is 3. The van der Waals surface area contributed by atoms with Crippen LogP contribution < -0.4 is 4.72 Å². The van der Waals surface area contributed by atoms with Crippen LogP contribution in [0.15, 0.2) is 0 Å². The maximum Gasteiger partial charge on any atom is 0.220 e. The van der Waals surface area contributed by atoms with Gasteiger partial charge in [-0.3, -0.25) is 0 Å². The van der Waals surface area contributed by atoms with Crippen LogP contribution >= 0.6 is 11.8 Å². The summed E-state index contributed by atoms with van der Waals surface area (Å²) in [6, 6.07) is 0. The average molecular weight is 181 g/mol. The van der Waals surface area contributed by atoms with Gasteiger partial charge in [0.25, 0.3) is 0 Å². The van der Waals surface area contributed by atoms with Gasteiger partial charge in [0.15, 0.2) is 0 Å². The normalized spacial score (nSPS) is 26.8. The lowest BCUT2D eigenvalue weighted by Crippen LogP contribution is -2.27. The summed E-state index contributed by atoms with van der Waals surface area (Å²) in [5.74, 6) is 0.973. The molecule has 10 heavy (non-hydrogen) atoms. The molecule has 1 saturated heterocycles. The lowest BCUT2D eigenvalue weighted by molar-refractivity contribution is 0.582. The summed E-state index contributed by atoms with van der Waals surface area (Å²) in [5.41, 5.74) is 0. The van der Waals surface area contributed by atoms with Gasteiger partial charge in [-0.2, -0.15) is 0 Å². The Morgan fingerprint density at radius 3 is 2.90 bits per heavy atom. The molecule has 1 fully saturated rings. The highest BCUT2D eigenvalue weighted by atomic mass is 32.3. The number of rotatable bonds is 0. The van der Waals surface area contributed by atoms with Crippen LogP contribution in [0.5, 0.6) is 0 Å². The van der Waals surface area contributed by atoms with Crippen molar-refractivity contribution in [1.29, 1.82) is 0 Å². The minimum Gasteiger partial charge on any atom is -0.215 e. The Hall–Kier alpha value is 0.260. The van der Waals surface area contributed by atoms with Crippen LogP contribution in [0.1, 0.15) is 12.8 Å². The van der Waals surface area contributed by atoms with Gasteiger partial charge in [0.05, 0.1) is 0 Å². The second-order valence-corrected chi connectivity index (χ2v) is 5.52. The Balaban J connectivity index is 2.46. The van der Waals surface area contributed by atoms with E-state index in [-0.39, 0.29) is 5.08 Å². The third-order valence-electron chi connectivity index (χ3n) is 1.28. The highest BCUT2D eigenvalue weighted by Gasteiger charge is 2.10. The lowest BCUT2D eigenvalue weighted by atomic mass is 10.3. The van der Waals surface area contributed by atoms with E-state index >= 15 is 0 Å². The van der Waals surface area contributed by atoms with Crippen LogP contribution in [0.4, 0.5) is 0 Å². The molecule has 0 saturated carbocycles. The largest absolute Gasteiger partial charge is 0.220 e. The summed E-state index contributed by atoms with van der Waals surface area (Å²) in [4.78, 5) is 0. The summed E-state index contributed by atoms with van der Waals surface area (Å²) in [6.45, 7) is 0.614. The van der Waals surface area contributed by atoms with Gasteiger partial charge in [0, 0.05) is 6.54 Å². The number of hydrogen-bond donors (Lipinski definition) is 1. The van der Waals surface area contributed by atoms with E-state index in [1.807, 2.05) is 0 Å². The fourth-order valence-electron chi connectivity index (χ4n) is 0.767. The van der Waals surface area contributed by atoms with Crippen LogP contribution in [0.2, 0.25) is 0 Å². The molecule has 1 aliphatic rings. The molecule has 0 aliphatic carbocycles. The first-order valence-electron chi connectivity index (χ1n) is 3.26. The van der Waals surface area contributed by atoms with Gasteiger partial charge in [0.2, 0.25) is 10.0 Å². The van der Waals surface area contributed by atoms with E-state index in [1.54, 1.807) is 0 Å². The first-order chi connectivity index (χ1) is 4.71. The van der Waals surface area contributed by atoms with E-state index in [1.165, 1.54) is 11.8 Å². The summed E-state index contributed by atoms with van der Waals surface area (Å²) in [6.07, 6.45) is 2.08. The zero-order chi connectivity index (χ0) is 7.45. The number of nitrogens with one attached hydrogen (secondary N) is 1. The van der Waals surface area contributed by atoms with Crippen LogP contribution in [-0.4, -0.2) is 25.8 Å². The van der Waals surface area contributed by atoms with Gasteiger partial charge in [-0.15, -0.1) is 11.8 Å². The minimum atomic E-state index is -2.93. The SMILES string of the molecule is O=S1(=O)CSCCCCN1. The summed E-state index contributed by atoms with van der Waals surface area (Å²) < 4.78 is 24.3. The minimum absolute atomic E-state index is 0.229. The predicted molar refractivity (Wildman–Crippen MR) is 43.5 cm³/mol. The fraction of sp³-hybridized carbons (Fsp3) is 1.00. The van der Waals surface area contributed by atoms with Gasteiger partial charge in [0.1, 0.15) is 5.08 Å². The van der Waals surface area contributed by atoms with Crippen molar-refractivity contribution in [2.24, 2.45) is 0 Å². The zero-order valence-corrected chi connectivity index (χ0v) is 7.30. The molecule has 0 spiro atoms. The number of sulfonamides is 1. The molecule has 0 amide bonds. The molecule has 0 unspecified atom stereocenters. The monoisotopic (exact) mass is 181 g/mol. The van der Waals surface area contributed by atoms with Gasteiger partial charge < -0.3 is 0 Å². The van der Waals surface area contributed by atoms with Crippen molar-refractivity contribution in [3.63, 3.8) is 0 Å². The van der Waals surface area contributed by atoms with Crippen LogP contribution in [0.25, 0.3) is 0 Å². The number of thioether (sulfide) groups is 1. The lowest BCUT2D eigenvalue weighted by Gasteiger charge is -2.09. The van der Waals surface area contributed by atoms with E-state index < -0.39 is 10.0 Å². The van der Waals surface area contributed by atoms with Crippen molar-refractivity contribution >= 4 is 21.8 Å². The van der Waals surface area contributed by atoms with Gasteiger partial charge in [-0.05, 0) is 18.6 Å². The molecule has 1 heterocycles. The van der Waals surface area contributed by atoms with Gasteiger partial charge in [-0.1, -0.05) is 0 Å². The van der Waals surface area contributed by atoms with Gasteiger partial charge >= 0.3 is 0 Å². The van der Waals surface area contributed by atoms with Crippen molar-refractivity contribution in [2.45, 2.75) is 12.8 Å². The standard InChI is InChI=1S/C5H11NO2S2/c7-10(8)5-9-4-2-1-3-6-10/h6H,1-5H2. The first kappa shape index (κ1) is 8.36. The van der Waals surface area contributed by atoms with Crippen LogP contribution in [0.3, 0.4) is 0 Å². The maximum atomic E-state index is 10.9. The van der Waals surface area contributed by atoms with Crippen LogP contribution in [-0.2, 0) is 10.0 Å². The second-order valence-electron chi connectivity index (χ2n) is 2.24. The Morgan fingerprint density at radius 2 is 2.10 bits per heavy atom. The van der Waals surface area contributed by atoms with E-state index in [0.717, 1.165) is 18.6 Å². The van der Waals surface area contributed by atoms with Crippen molar-refractivity contribution in [2.75, 3.05) is 17.4 Å². The molecule has 3 nitrogen and oxygen atoms in total. The first-order valence-corrected chi connectivity index (χ1v) is 6.06. The third-order valence-corrected chi connectivity index (χ3v) is 4.41. The molecular weight excluding hydrogens is 170 g/mol. The van der Waals surface area contributed by atoms with Crippen molar-refractivity contribution < 1.29 is 8.42 Å². The Labute approximate surface area is 65.6 Å². The Kier molecular flexibility index (Phi) is 3.00.